The summed E-state index contributed by atoms with van der Waals surface area (Å²) in [4.78, 5) is 10.3. The van der Waals surface area contributed by atoms with Crippen LogP contribution in [0.3, 0.4) is 0 Å². The number of nitrogens with two attached hydrogens (primary N) is 1. The molecule has 0 aromatic heterocycles. The van der Waals surface area contributed by atoms with Crippen molar-refractivity contribution in [1.82, 2.24) is 0 Å². The Bertz CT molecular complexity index is 190. The van der Waals surface area contributed by atoms with E-state index in [0.29, 0.717) is 33.0 Å². The van der Waals surface area contributed by atoms with Crippen LogP contribution in [0.4, 0.5) is 0 Å². The van der Waals surface area contributed by atoms with Crippen LogP contribution in [0.25, 0.3) is 0 Å². The first-order valence-corrected chi connectivity index (χ1v) is 5.47. The number of carbonyl (C=O) groups is 1. The van der Waals surface area contributed by atoms with Crippen LogP contribution in [0.5, 0.6) is 0 Å². The fraction of sp³-hybridized carbons (Fsp3) is 0.900. The lowest BCUT2D eigenvalue weighted by atomic mass is 10.4. The maximum Gasteiger partial charge on any atom is 0.219 e. The van der Waals surface area contributed by atoms with Crippen LogP contribution in [0.15, 0.2) is 0 Å². The van der Waals surface area contributed by atoms with Gasteiger partial charge in [0.25, 0.3) is 0 Å². The zero-order valence-corrected chi connectivity index (χ0v) is 9.84. The topological polar surface area (TPSA) is 111 Å². The molecule has 0 aliphatic heterocycles. The fourth-order valence-corrected chi connectivity index (χ4v) is 0.885. The van der Waals surface area contributed by atoms with E-state index in [4.69, 9.17) is 30.2 Å². The van der Waals surface area contributed by atoms with Gasteiger partial charge in [0.15, 0.2) is 0 Å². The molecule has 0 aromatic rings. The minimum absolute atomic E-state index is 0.0922. The molecule has 0 radical (unpaired) electrons. The molecule has 102 valence electrons. The van der Waals surface area contributed by atoms with Crippen LogP contribution < -0.4 is 5.73 Å². The molecule has 0 aliphatic carbocycles. The van der Waals surface area contributed by atoms with Crippen molar-refractivity contribution in [2.75, 3.05) is 46.2 Å². The highest BCUT2D eigenvalue weighted by molar-refractivity contribution is 5.73. The predicted molar refractivity (Wildman–Crippen MR) is 59.4 cm³/mol. The quantitative estimate of drug-likeness (QED) is 0.355. The lowest BCUT2D eigenvalue weighted by molar-refractivity contribution is -0.119. The minimum atomic E-state index is -0.841. The second-order valence-electron chi connectivity index (χ2n) is 3.35. The Kier molecular flexibility index (Phi) is 11.2. The van der Waals surface area contributed by atoms with E-state index < -0.39 is 6.10 Å². The van der Waals surface area contributed by atoms with Crippen molar-refractivity contribution < 1.29 is 29.2 Å². The van der Waals surface area contributed by atoms with Gasteiger partial charge in [0.1, 0.15) is 6.10 Å². The second kappa shape index (κ2) is 11.7. The number of ether oxygens (including phenoxy) is 3. The standard InChI is InChI=1S/C10H21NO6/c11-10(14)1-2-15-3-4-16-5-6-17-8-9(13)7-12/h9,12-13H,1-8H2,(H2,11,14). The first kappa shape index (κ1) is 16.3. The molecule has 0 rings (SSSR count). The van der Waals surface area contributed by atoms with Crippen molar-refractivity contribution in [3.8, 4) is 0 Å². The molecular weight excluding hydrogens is 230 g/mol. The molecule has 0 heterocycles. The molecule has 0 spiro atoms. The Morgan fingerprint density at radius 3 is 2.12 bits per heavy atom. The third-order valence-corrected chi connectivity index (χ3v) is 1.76. The van der Waals surface area contributed by atoms with E-state index in [0.717, 1.165) is 0 Å². The van der Waals surface area contributed by atoms with Crippen LogP contribution in [0.1, 0.15) is 6.42 Å². The Morgan fingerprint density at radius 2 is 1.59 bits per heavy atom. The number of amides is 1. The molecule has 0 saturated carbocycles. The van der Waals surface area contributed by atoms with E-state index >= 15 is 0 Å². The molecule has 0 aromatic carbocycles. The fourth-order valence-electron chi connectivity index (χ4n) is 0.885. The van der Waals surface area contributed by atoms with E-state index in [2.05, 4.69) is 0 Å². The van der Waals surface area contributed by atoms with Gasteiger partial charge in [-0.1, -0.05) is 0 Å². The smallest absolute Gasteiger partial charge is 0.219 e. The van der Waals surface area contributed by atoms with Gasteiger partial charge < -0.3 is 30.2 Å². The number of rotatable bonds is 12. The summed E-state index contributed by atoms with van der Waals surface area (Å²) in [5.74, 6) is -0.387. The minimum Gasteiger partial charge on any atom is -0.394 e. The van der Waals surface area contributed by atoms with E-state index in [1.807, 2.05) is 0 Å². The number of hydrogen-bond donors (Lipinski definition) is 3. The van der Waals surface area contributed by atoms with Crippen LogP contribution in [0.2, 0.25) is 0 Å². The predicted octanol–water partition coefficient (Wildman–Crippen LogP) is -1.74. The van der Waals surface area contributed by atoms with Gasteiger partial charge in [0.05, 0.1) is 46.2 Å². The molecule has 0 aliphatic rings. The average Bonchev–Trinajstić information content (AvgIpc) is 2.30. The van der Waals surface area contributed by atoms with E-state index in [1.54, 1.807) is 0 Å². The van der Waals surface area contributed by atoms with Gasteiger partial charge in [0, 0.05) is 6.42 Å². The third-order valence-electron chi connectivity index (χ3n) is 1.76. The summed E-state index contributed by atoms with van der Waals surface area (Å²) in [6, 6.07) is 0. The largest absolute Gasteiger partial charge is 0.394 e. The highest BCUT2D eigenvalue weighted by atomic mass is 16.5. The first-order chi connectivity index (χ1) is 8.16. The SMILES string of the molecule is NC(=O)CCOCCOCCOCC(O)CO. The summed E-state index contributed by atoms with van der Waals surface area (Å²) in [5.41, 5.74) is 4.92. The molecule has 7 nitrogen and oxygen atoms in total. The van der Waals surface area contributed by atoms with Crippen molar-refractivity contribution in [1.29, 1.82) is 0 Å². The van der Waals surface area contributed by atoms with Crippen LogP contribution in [-0.2, 0) is 19.0 Å². The Morgan fingerprint density at radius 1 is 1.06 bits per heavy atom. The molecule has 0 fully saturated rings. The van der Waals surface area contributed by atoms with Gasteiger partial charge in [-0.05, 0) is 0 Å². The molecular formula is C10H21NO6. The Hall–Kier alpha value is -0.730. The van der Waals surface area contributed by atoms with Gasteiger partial charge in [-0.3, -0.25) is 4.79 Å². The maximum atomic E-state index is 10.3. The molecule has 1 unspecified atom stereocenters. The highest BCUT2D eigenvalue weighted by Crippen LogP contribution is 1.86. The summed E-state index contributed by atoms with van der Waals surface area (Å²) in [5, 5.41) is 17.4. The van der Waals surface area contributed by atoms with Gasteiger partial charge >= 0.3 is 0 Å². The molecule has 4 N–H and O–H groups in total. The molecule has 17 heavy (non-hydrogen) atoms. The lowest BCUT2D eigenvalue weighted by Crippen LogP contribution is -2.21. The van der Waals surface area contributed by atoms with E-state index in [9.17, 15) is 4.79 Å². The first-order valence-electron chi connectivity index (χ1n) is 5.47. The number of aliphatic hydroxyl groups excluding tert-OH is 2. The van der Waals surface area contributed by atoms with Gasteiger partial charge in [-0.25, -0.2) is 0 Å². The molecule has 0 saturated heterocycles. The highest BCUT2D eigenvalue weighted by Gasteiger charge is 2.00. The van der Waals surface area contributed by atoms with Crippen molar-refractivity contribution in [2.45, 2.75) is 12.5 Å². The second-order valence-corrected chi connectivity index (χ2v) is 3.35. The van der Waals surface area contributed by atoms with Gasteiger partial charge in [-0.15, -0.1) is 0 Å². The molecule has 7 heteroatoms. The maximum absolute atomic E-state index is 10.3. The number of aliphatic hydroxyl groups is 2. The summed E-state index contributed by atoms with van der Waals surface area (Å²) in [7, 11) is 0. The zero-order chi connectivity index (χ0) is 12.9. The molecule has 1 atom stereocenters. The Labute approximate surface area is 100 Å². The van der Waals surface area contributed by atoms with Crippen molar-refractivity contribution in [2.24, 2.45) is 5.73 Å². The van der Waals surface area contributed by atoms with Gasteiger partial charge in [-0.2, -0.15) is 0 Å². The lowest BCUT2D eigenvalue weighted by Gasteiger charge is -2.08. The number of primary amides is 1. The molecule has 1 amide bonds. The summed E-state index contributed by atoms with van der Waals surface area (Å²) >= 11 is 0. The number of carbonyl (C=O) groups excluding carboxylic acids is 1. The summed E-state index contributed by atoms with van der Waals surface area (Å²) in [6.07, 6.45) is -0.630. The van der Waals surface area contributed by atoms with Crippen molar-refractivity contribution in [3.05, 3.63) is 0 Å². The normalized spacial score (nSPS) is 12.6. The summed E-state index contributed by atoms with van der Waals surface area (Å²) < 4.78 is 15.2. The van der Waals surface area contributed by atoms with Crippen molar-refractivity contribution in [3.63, 3.8) is 0 Å². The van der Waals surface area contributed by atoms with Crippen LogP contribution >= 0.6 is 0 Å². The van der Waals surface area contributed by atoms with Crippen molar-refractivity contribution >= 4 is 5.91 Å². The van der Waals surface area contributed by atoms with E-state index in [-0.39, 0.29) is 25.5 Å². The van der Waals surface area contributed by atoms with Gasteiger partial charge in [0.2, 0.25) is 5.91 Å². The Balaban J connectivity index is 3.01. The zero-order valence-electron chi connectivity index (χ0n) is 9.84. The third kappa shape index (κ3) is 13.2. The van der Waals surface area contributed by atoms with Crippen LogP contribution in [0, 0.1) is 0 Å². The molecule has 0 bridgehead atoms. The summed E-state index contributed by atoms with van der Waals surface area (Å²) in [6.45, 7) is 1.62. The van der Waals surface area contributed by atoms with Crippen LogP contribution in [-0.4, -0.2) is 68.5 Å². The number of hydrogen-bond acceptors (Lipinski definition) is 6. The van der Waals surface area contributed by atoms with E-state index in [1.165, 1.54) is 0 Å². The monoisotopic (exact) mass is 251 g/mol. The average molecular weight is 251 g/mol.